The molecule has 0 aliphatic carbocycles. The molecule has 1 N–H and O–H groups in total. The number of nitrogens with zero attached hydrogens (tertiary/aromatic N) is 2. The molecule has 0 bridgehead atoms. The second-order valence-electron chi connectivity index (χ2n) is 7.16. The van der Waals surface area contributed by atoms with Gasteiger partial charge in [-0.05, 0) is 42.6 Å². The van der Waals surface area contributed by atoms with Gasteiger partial charge in [0.05, 0.1) is 20.6 Å². The SMILES string of the molecule is O=C(NCCCN1CCN(c2cccc(Cl)c2Cl)CC1)c1cc2ccccc2s1. The number of thiophene rings is 1. The number of benzene rings is 2. The fourth-order valence-corrected chi connectivity index (χ4v) is 5.03. The Balaban J connectivity index is 1.20. The van der Waals surface area contributed by atoms with Crippen LogP contribution in [0.15, 0.2) is 48.5 Å². The predicted octanol–water partition coefficient (Wildman–Crippen LogP) is 5.15. The molecule has 0 saturated carbocycles. The minimum Gasteiger partial charge on any atom is -0.368 e. The van der Waals surface area contributed by atoms with Gasteiger partial charge in [0.2, 0.25) is 0 Å². The summed E-state index contributed by atoms with van der Waals surface area (Å²) in [7, 11) is 0. The second-order valence-corrected chi connectivity index (χ2v) is 9.03. The Morgan fingerprint density at radius 1 is 1.03 bits per heavy atom. The fraction of sp³-hybridized carbons (Fsp3) is 0.318. The number of rotatable bonds is 6. The van der Waals surface area contributed by atoms with E-state index in [9.17, 15) is 4.79 Å². The molecule has 0 radical (unpaired) electrons. The number of amides is 1. The maximum atomic E-state index is 12.4. The number of fused-ring (bicyclic) bond motifs is 1. The highest BCUT2D eigenvalue weighted by molar-refractivity contribution is 7.20. The van der Waals surface area contributed by atoms with Crippen molar-refractivity contribution in [2.75, 3.05) is 44.2 Å². The van der Waals surface area contributed by atoms with Gasteiger partial charge in [0.25, 0.3) is 5.91 Å². The Hall–Kier alpha value is -1.79. The molecule has 1 fully saturated rings. The molecule has 4 nitrogen and oxygen atoms in total. The third kappa shape index (κ3) is 4.86. The van der Waals surface area contributed by atoms with Crippen LogP contribution in [-0.2, 0) is 0 Å². The second kappa shape index (κ2) is 9.35. The zero-order valence-corrected chi connectivity index (χ0v) is 18.4. The molecule has 1 amide bonds. The lowest BCUT2D eigenvalue weighted by Crippen LogP contribution is -2.47. The number of hydrogen-bond donors (Lipinski definition) is 1. The molecule has 1 aromatic heterocycles. The van der Waals surface area contributed by atoms with Crippen molar-refractivity contribution in [2.45, 2.75) is 6.42 Å². The quantitative estimate of drug-likeness (QED) is 0.530. The smallest absolute Gasteiger partial charge is 0.261 e. The lowest BCUT2D eigenvalue weighted by molar-refractivity contribution is 0.0955. The third-order valence-corrected chi connectivity index (χ3v) is 7.15. The van der Waals surface area contributed by atoms with Gasteiger partial charge in [-0.15, -0.1) is 11.3 Å². The molecular formula is C22H23Cl2N3OS. The summed E-state index contributed by atoms with van der Waals surface area (Å²) >= 11 is 14.0. The van der Waals surface area contributed by atoms with Gasteiger partial charge in [0.1, 0.15) is 0 Å². The Morgan fingerprint density at radius 2 is 1.83 bits per heavy atom. The summed E-state index contributed by atoms with van der Waals surface area (Å²) in [6.07, 6.45) is 0.939. The molecule has 7 heteroatoms. The molecule has 4 rings (SSSR count). The van der Waals surface area contributed by atoms with Gasteiger partial charge < -0.3 is 10.2 Å². The summed E-state index contributed by atoms with van der Waals surface area (Å²) in [6, 6.07) is 15.8. The molecular weight excluding hydrogens is 425 g/mol. The third-order valence-electron chi connectivity index (χ3n) is 5.23. The van der Waals surface area contributed by atoms with Crippen molar-refractivity contribution in [1.82, 2.24) is 10.2 Å². The Morgan fingerprint density at radius 3 is 2.62 bits per heavy atom. The Bertz CT molecular complexity index is 966. The monoisotopic (exact) mass is 447 g/mol. The van der Waals surface area contributed by atoms with Crippen LogP contribution >= 0.6 is 34.5 Å². The van der Waals surface area contributed by atoms with E-state index >= 15 is 0 Å². The van der Waals surface area contributed by atoms with Crippen LogP contribution in [0.25, 0.3) is 10.1 Å². The van der Waals surface area contributed by atoms with Gasteiger partial charge in [-0.2, -0.15) is 0 Å². The van der Waals surface area contributed by atoms with Gasteiger partial charge in [0, 0.05) is 37.4 Å². The summed E-state index contributed by atoms with van der Waals surface area (Å²) in [6.45, 7) is 5.47. The van der Waals surface area contributed by atoms with E-state index in [-0.39, 0.29) is 5.91 Å². The summed E-state index contributed by atoms with van der Waals surface area (Å²) < 4.78 is 1.15. The molecule has 29 heavy (non-hydrogen) atoms. The highest BCUT2D eigenvalue weighted by atomic mass is 35.5. The van der Waals surface area contributed by atoms with Crippen molar-refractivity contribution in [2.24, 2.45) is 0 Å². The fourth-order valence-electron chi connectivity index (χ4n) is 3.63. The number of hydrogen-bond acceptors (Lipinski definition) is 4. The van der Waals surface area contributed by atoms with E-state index in [1.54, 1.807) is 11.3 Å². The summed E-state index contributed by atoms with van der Waals surface area (Å²) in [5.41, 5.74) is 1.01. The van der Waals surface area contributed by atoms with Gasteiger partial charge in [0.15, 0.2) is 0 Å². The summed E-state index contributed by atoms with van der Waals surface area (Å²) in [4.78, 5) is 17.9. The first kappa shape index (κ1) is 20.5. The van der Waals surface area contributed by atoms with E-state index in [0.29, 0.717) is 16.6 Å². The molecule has 1 saturated heterocycles. The number of nitrogens with one attached hydrogen (secondary N) is 1. The van der Waals surface area contributed by atoms with Crippen molar-refractivity contribution in [3.8, 4) is 0 Å². The molecule has 0 unspecified atom stereocenters. The minimum absolute atomic E-state index is 0.0200. The average molecular weight is 448 g/mol. The van der Waals surface area contributed by atoms with Crippen molar-refractivity contribution < 1.29 is 4.79 Å². The van der Waals surface area contributed by atoms with Crippen LogP contribution in [0.4, 0.5) is 5.69 Å². The van der Waals surface area contributed by atoms with E-state index < -0.39 is 0 Å². The van der Waals surface area contributed by atoms with E-state index in [2.05, 4.69) is 15.1 Å². The van der Waals surface area contributed by atoms with Crippen LogP contribution in [0, 0.1) is 0 Å². The Kier molecular flexibility index (Phi) is 6.60. The minimum atomic E-state index is 0.0200. The highest BCUT2D eigenvalue weighted by Crippen LogP contribution is 2.32. The van der Waals surface area contributed by atoms with Crippen molar-refractivity contribution in [3.05, 3.63) is 63.5 Å². The lowest BCUT2D eigenvalue weighted by Gasteiger charge is -2.36. The van der Waals surface area contributed by atoms with Gasteiger partial charge in [-0.3, -0.25) is 9.69 Å². The normalized spacial score (nSPS) is 15.0. The average Bonchev–Trinajstić information content (AvgIpc) is 3.18. The number of piperazine rings is 1. The largest absolute Gasteiger partial charge is 0.368 e. The van der Waals surface area contributed by atoms with Crippen molar-refractivity contribution >= 4 is 56.2 Å². The van der Waals surface area contributed by atoms with Crippen LogP contribution in [0.3, 0.4) is 0 Å². The van der Waals surface area contributed by atoms with Crippen LogP contribution in [0.2, 0.25) is 10.0 Å². The first-order valence-electron chi connectivity index (χ1n) is 9.80. The molecule has 1 aliphatic heterocycles. The van der Waals surface area contributed by atoms with Gasteiger partial charge in [-0.1, -0.05) is 47.5 Å². The molecule has 0 atom stereocenters. The van der Waals surface area contributed by atoms with E-state index in [1.165, 1.54) is 0 Å². The van der Waals surface area contributed by atoms with E-state index in [0.717, 1.165) is 59.8 Å². The number of carbonyl (C=O) groups excluding carboxylic acids is 1. The molecule has 152 valence electrons. The van der Waals surface area contributed by atoms with E-state index in [1.807, 2.05) is 48.5 Å². The molecule has 2 aromatic carbocycles. The zero-order valence-electron chi connectivity index (χ0n) is 16.0. The summed E-state index contributed by atoms with van der Waals surface area (Å²) in [5, 5.41) is 5.40. The maximum absolute atomic E-state index is 12.4. The topological polar surface area (TPSA) is 35.6 Å². The number of carbonyl (C=O) groups is 1. The van der Waals surface area contributed by atoms with Crippen molar-refractivity contribution in [1.29, 1.82) is 0 Å². The first-order valence-corrected chi connectivity index (χ1v) is 11.4. The Labute approximate surface area is 185 Å². The highest BCUT2D eigenvalue weighted by Gasteiger charge is 2.19. The number of anilines is 1. The lowest BCUT2D eigenvalue weighted by atomic mass is 10.2. The van der Waals surface area contributed by atoms with Crippen LogP contribution in [-0.4, -0.2) is 50.1 Å². The molecule has 0 spiro atoms. The predicted molar refractivity (Wildman–Crippen MR) is 124 cm³/mol. The number of halogens is 2. The van der Waals surface area contributed by atoms with E-state index in [4.69, 9.17) is 23.2 Å². The van der Waals surface area contributed by atoms with Gasteiger partial charge >= 0.3 is 0 Å². The molecule has 3 aromatic rings. The zero-order chi connectivity index (χ0) is 20.2. The molecule has 2 heterocycles. The molecule has 1 aliphatic rings. The first-order chi connectivity index (χ1) is 14.1. The van der Waals surface area contributed by atoms with Crippen LogP contribution in [0.5, 0.6) is 0 Å². The van der Waals surface area contributed by atoms with Crippen LogP contribution < -0.4 is 10.2 Å². The summed E-state index contributed by atoms with van der Waals surface area (Å²) in [5.74, 6) is 0.0200. The van der Waals surface area contributed by atoms with Crippen LogP contribution in [0.1, 0.15) is 16.1 Å². The van der Waals surface area contributed by atoms with Gasteiger partial charge in [-0.25, -0.2) is 0 Å². The maximum Gasteiger partial charge on any atom is 0.261 e. The standard InChI is InChI=1S/C22H23Cl2N3OS/c23-17-6-3-7-18(21(17)24)27-13-11-26(12-14-27)10-4-9-25-22(28)20-15-16-5-1-2-8-19(16)29-20/h1-3,5-8,15H,4,9-14H2,(H,25,28). The van der Waals surface area contributed by atoms with Crippen molar-refractivity contribution in [3.63, 3.8) is 0 Å².